The van der Waals surface area contributed by atoms with Crippen LogP contribution in [0.3, 0.4) is 0 Å². The van der Waals surface area contributed by atoms with Crippen LogP contribution in [0.2, 0.25) is 0 Å². The molecule has 0 atom stereocenters. The van der Waals surface area contributed by atoms with Crippen LogP contribution in [0.1, 0.15) is 20.7 Å². The quantitative estimate of drug-likeness (QED) is 0.491. The topological polar surface area (TPSA) is 73.1 Å². The Balaban J connectivity index is 2.30. The van der Waals surface area contributed by atoms with E-state index in [9.17, 15) is 9.59 Å². The predicted molar refractivity (Wildman–Crippen MR) is 63.8 cm³/mol. The molecule has 0 radical (unpaired) electrons. The van der Waals surface area contributed by atoms with Gasteiger partial charge in [0.15, 0.2) is 0 Å². The summed E-state index contributed by atoms with van der Waals surface area (Å²) in [6, 6.07) is 9.51. The van der Waals surface area contributed by atoms with E-state index in [0.29, 0.717) is 11.3 Å². The van der Waals surface area contributed by atoms with Crippen molar-refractivity contribution >= 4 is 17.3 Å². The molecular weight excluding hydrogens is 216 g/mol. The number of aromatic nitrogens is 1. The van der Waals surface area contributed by atoms with Gasteiger partial charge in [-0.1, -0.05) is 12.1 Å². The molecular formula is C13H10N2O2. The number of ketones is 2. The van der Waals surface area contributed by atoms with Crippen molar-refractivity contribution < 1.29 is 9.59 Å². The molecule has 0 unspecified atom stereocenters. The number of pyridine rings is 1. The summed E-state index contributed by atoms with van der Waals surface area (Å²) < 4.78 is 0. The molecule has 0 fully saturated rings. The Morgan fingerprint density at radius 3 is 2.35 bits per heavy atom. The van der Waals surface area contributed by atoms with Crippen molar-refractivity contribution in [1.29, 1.82) is 0 Å². The third-order valence-corrected chi connectivity index (χ3v) is 2.28. The molecule has 0 saturated heterocycles. The zero-order valence-electron chi connectivity index (χ0n) is 8.96. The van der Waals surface area contributed by atoms with Crippen molar-refractivity contribution in [3.63, 3.8) is 0 Å². The molecule has 0 aliphatic heterocycles. The van der Waals surface area contributed by atoms with Crippen LogP contribution in [-0.4, -0.2) is 16.6 Å². The van der Waals surface area contributed by atoms with Gasteiger partial charge in [-0.2, -0.15) is 0 Å². The normalized spacial score (nSPS) is 9.88. The van der Waals surface area contributed by atoms with Gasteiger partial charge in [0, 0.05) is 29.2 Å². The Labute approximate surface area is 98.1 Å². The molecule has 2 N–H and O–H groups in total. The molecule has 0 spiro atoms. The summed E-state index contributed by atoms with van der Waals surface area (Å²) in [5.74, 6) is -1.16. The second-order valence-electron chi connectivity index (χ2n) is 3.53. The van der Waals surface area contributed by atoms with Gasteiger partial charge in [-0.3, -0.25) is 14.6 Å². The highest BCUT2D eigenvalue weighted by Crippen LogP contribution is 2.10. The first-order valence-corrected chi connectivity index (χ1v) is 5.03. The molecule has 0 aliphatic carbocycles. The molecule has 0 aliphatic rings. The molecule has 1 heterocycles. The molecule has 4 heteroatoms. The Morgan fingerprint density at radius 1 is 1.00 bits per heavy atom. The summed E-state index contributed by atoms with van der Waals surface area (Å²) in [7, 11) is 0. The molecule has 0 saturated carbocycles. The molecule has 0 amide bonds. The van der Waals surface area contributed by atoms with Gasteiger partial charge in [0.2, 0.25) is 11.6 Å². The number of hydrogen-bond donors (Lipinski definition) is 1. The van der Waals surface area contributed by atoms with Crippen molar-refractivity contribution in [2.24, 2.45) is 0 Å². The average Bonchev–Trinajstić information content (AvgIpc) is 2.38. The third kappa shape index (κ3) is 2.36. The highest BCUT2D eigenvalue weighted by molar-refractivity contribution is 6.49. The first-order chi connectivity index (χ1) is 8.18. The molecule has 1 aromatic heterocycles. The number of benzene rings is 1. The van der Waals surface area contributed by atoms with Crippen LogP contribution in [0.25, 0.3) is 0 Å². The number of Topliss-reactive ketones (excluding diaryl/α,β-unsaturated/α-hetero) is 2. The molecule has 1 aromatic carbocycles. The first-order valence-electron chi connectivity index (χ1n) is 5.03. The minimum Gasteiger partial charge on any atom is -0.399 e. The second kappa shape index (κ2) is 4.57. The maximum atomic E-state index is 11.9. The molecule has 2 aromatic rings. The van der Waals surface area contributed by atoms with E-state index in [1.165, 1.54) is 12.3 Å². The van der Waals surface area contributed by atoms with E-state index in [1.807, 2.05) is 0 Å². The fourth-order valence-electron chi connectivity index (χ4n) is 1.44. The first kappa shape index (κ1) is 11.0. The number of carbonyl (C=O) groups excluding carboxylic acids is 2. The van der Waals surface area contributed by atoms with Gasteiger partial charge >= 0.3 is 0 Å². The standard InChI is InChI=1S/C13H10N2O2/c14-11-5-1-3-9(7-11)12(16)13(17)10-4-2-6-15-8-10/h1-8H,14H2. The third-order valence-electron chi connectivity index (χ3n) is 2.28. The maximum Gasteiger partial charge on any atom is 0.235 e. The number of hydrogen-bond acceptors (Lipinski definition) is 4. The maximum absolute atomic E-state index is 11.9. The van der Waals surface area contributed by atoms with Crippen molar-refractivity contribution in [2.75, 3.05) is 5.73 Å². The van der Waals surface area contributed by atoms with Crippen molar-refractivity contribution in [1.82, 2.24) is 4.98 Å². The molecule has 84 valence electrons. The van der Waals surface area contributed by atoms with E-state index in [0.717, 1.165) is 0 Å². The SMILES string of the molecule is Nc1cccc(C(=O)C(=O)c2cccnc2)c1. The largest absolute Gasteiger partial charge is 0.399 e. The van der Waals surface area contributed by atoms with E-state index < -0.39 is 11.6 Å². The zero-order chi connectivity index (χ0) is 12.3. The van der Waals surface area contributed by atoms with Gasteiger partial charge in [-0.25, -0.2) is 0 Å². The number of nitrogens with two attached hydrogens (primary N) is 1. The van der Waals surface area contributed by atoms with Crippen molar-refractivity contribution in [3.05, 3.63) is 59.9 Å². The van der Waals surface area contributed by atoms with E-state index in [2.05, 4.69) is 4.98 Å². The number of anilines is 1. The van der Waals surface area contributed by atoms with Gasteiger partial charge in [0.05, 0.1) is 0 Å². The van der Waals surface area contributed by atoms with E-state index in [-0.39, 0.29) is 5.56 Å². The lowest BCUT2D eigenvalue weighted by Crippen LogP contribution is -2.14. The van der Waals surface area contributed by atoms with Gasteiger partial charge in [-0.15, -0.1) is 0 Å². The Kier molecular flexibility index (Phi) is 2.96. The number of nitrogens with zero attached hydrogens (tertiary/aromatic N) is 1. The van der Waals surface area contributed by atoms with E-state index in [4.69, 9.17) is 5.73 Å². The summed E-state index contributed by atoms with van der Waals surface area (Å²) >= 11 is 0. The minimum atomic E-state index is -0.580. The lowest BCUT2D eigenvalue weighted by molar-refractivity contribution is 0.0816. The van der Waals surface area contributed by atoms with Crippen LogP contribution in [0.15, 0.2) is 48.8 Å². The van der Waals surface area contributed by atoms with E-state index in [1.54, 1.807) is 36.5 Å². The fraction of sp³-hybridized carbons (Fsp3) is 0. The van der Waals surface area contributed by atoms with Gasteiger partial charge in [0.1, 0.15) is 0 Å². The van der Waals surface area contributed by atoms with Crippen molar-refractivity contribution in [3.8, 4) is 0 Å². The highest BCUT2D eigenvalue weighted by Gasteiger charge is 2.18. The van der Waals surface area contributed by atoms with Crippen molar-refractivity contribution in [2.45, 2.75) is 0 Å². The van der Waals surface area contributed by atoms with Crippen LogP contribution in [0.4, 0.5) is 5.69 Å². The van der Waals surface area contributed by atoms with Crippen LogP contribution in [0.5, 0.6) is 0 Å². The Bertz CT molecular complexity index is 565. The van der Waals surface area contributed by atoms with Crippen LogP contribution >= 0.6 is 0 Å². The van der Waals surface area contributed by atoms with Crippen LogP contribution in [0, 0.1) is 0 Å². The number of nitrogen functional groups attached to an aromatic ring is 1. The second-order valence-corrected chi connectivity index (χ2v) is 3.53. The molecule has 2 rings (SSSR count). The smallest absolute Gasteiger partial charge is 0.235 e. The Hall–Kier alpha value is -2.49. The van der Waals surface area contributed by atoms with E-state index >= 15 is 0 Å². The van der Waals surface area contributed by atoms with Gasteiger partial charge < -0.3 is 5.73 Å². The number of carbonyl (C=O) groups is 2. The van der Waals surface area contributed by atoms with Gasteiger partial charge in [0.25, 0.3) is 0 Å². The zero-order valence-corrected chi connectivity index (χ0v) is 8.96. The minimum absolute atomic E-state index is 0.278. The Morgan fingerprint density at radius 2 is 1.71 bits per heavy atom. The number of rotatable bonds is 3. The highest BCUT2D eigenvalue weighted by atomic mass is 16.2. The van der Waals surface area contributed by atoms with Crippen LogP contribution in [-0.2, 0) is 0 Å². The summed E-state index contributed by atoms with van der Waals surface area (Å²) in [6.45, 7) is 0. The average molecular weight is 226 g/mol. The molecule has 4 nitrogen and oxygen atoms in total. The van der Waals surface area contributed by atoms with Crippen LogP contribution < -0.4 is 5.73 Å². The fourth-order valence-corrected chi connectivity index (χ4v) is 1.44. The molecule has 0 bridgehead atoms. The monoisotopic (exact) mass is 226 g/mol. The summed E-state index contributed by atoms with van der Waals surface area (Å²) in [6.07, 6.45) is 2.91. The van der Waals surface area contributed by atoms with Gasteiger partial charge in [-0.05, 0) is 24.3 Å². The predicted octanol–water partition coefficient (Wildman–Crippen LogP) is 1.73. The summed E-state index contributed by atoms with van der Waals surface area (Å²) in [5.41, 5.74) is 6.58. The molecule has 17 heavy (non-hydrogen) atoms. The summed E-state index contributed by atoms with van der Waals surface area (Å²) in [5, 5.41) is 0. The lowest BCUT2D eigenvalue weighted by atomic mass is 10.0. The lowest BCUT2D eigenvalue weighted by Gasteiger charge is -2.01. The summed E-state index contributed by atoms with van der Waals surface area (Å²) in [4.78, 5) is 27.5.